The van der Waals surface area contributed by atoms with Crippen LogP contribution in [0.4, 0.5) is 0 Å². The maximum absolute atomic E-state index is 6.06. The first-order valence-electron chi connectivity index (χ1n) is 6.92. The van der Waals surface area contributed by atoms with Gasteiger partial charge in [0.2, 0.25) is 0 Å². The van der Waals surface area contributed by atoms with Crippen molar-refractivity contribution in [3.8, 4) is 11.5 Å². The van der Waals surface area contributed by atoms with Gasteiger partial charge in [-0.05, 0) is 24.5 Å². The van der Waals surface area contributed by atoms with Crippen molar-refractivity contribution in [2.75, 3.05) is 26.9 Å². The van der Waals surface area contributed by atoms with E-state index in [2.05, 4.69) is 6.07 Å². The molecule has 1 saturated carbocycles. The third-order valence-corrected chi connectivity index (χ3v) is 4.33. The minimum atomic E-state index is 0.0555. The molecular weight excluding hydrogens is 242 g/mol. The molecule has 0 bridgehead atoms. The van der Waals surface area contributed by atoms with E-state index in [1.54, 1.807) is 7.11 Å². The van der Waals surface area contributed by atoms with Crippen molar-refractivity contribution in [3.63, 3.8) is 0 Å². The van der Waals surface area contributed by atoms with Crippen molar-refractivity contribution in [2.24, 2.45) is 5.73 Å². The molecule has 0 spiro atoms. The minimum Gasteiger partial charge on any atom is -0.486 e. The maximum Gasteiger partial charge on any atom is 0.165 e. The van der Waals surface area contributed by atoms with Crippen molar-refractivity contribution >= 4 is 0 Å². The van der Waals surface area contributed by atoms with Crippen LogP contribution in [0, 0.1) is 0 Å². The van der Waals surface area contributed by atoms with E-state index in [1.165, 1.54) is 17.5 Å². The average Bonchev–Trinajstić information content (AvgIpc) is 2.40. The van der Waals surface area contributed by atoms with Crippen molar-refractivity contribution in [3.05, 3.63) is 23.3 Å². The van der Waals surface area contributed by atoms with Gasteiger partial charge in [-0.25, -0.2) is 0 Å². The molecule has 1 aliphatic carbocycles. The molecule has 0 radical (unpaired) electrons. The highest BCUT2D eigenvalue weighted by Gasteiger charge is 2.42. The number of hydrogen-bond acceptors (Lipinski definition) is 4. The quantitative estimate of drug-likeness (QED) is 0.902. The van der Waals surface area contributed by atoms with E-state index in [0.717, 1.165) is 24.3 Å². The SMILES string of the molecule is COCc1ccc2c(c1C1(CN)CCC1)OCCO2. The fourth-order valence-electron chi connectivity index (χ4n) is 3.17. The van der Waals surface area contributed by atoms with E-state index in [4.69, 9.17) is 19.9 Å². The van der Waals surface area contributed by atoms with Gasteiger partial charge >= 0.3 is 0 Å². The van der Waals surface area contributed by atoms with E-state index in [0.29, 0.717) is 26.4 Å². The highest BCUT2D eigenvalue weighted by atomic mass is 16.6. The van der Waals surface area contributed by atoms with Crippen LogP contribution >= 0.6 is 0 Å². The molecule has 1 heterocycles. The first-order valence-corrected chi connectivity index (χ1v) is 6.92. The Morgan fingerprint density at radius 2 is 2.05 bits per heavy atom. The molecule has 4 heteroatoms. The second kappa shape index (κ2) is 5.02. The van der Waals surface area contributed by atoms with Crippen LogP contribution in [0.5, 0.6) is 11.5 Å². The van der Waals surface area contributed by atoms with Gasteiger partial charge in [0, 0.05) is 24.6 Å². The van der Waals surface area contributed by atoms with E-state index in [1.807, 2.05) is 6.07 Å². The normalized spacial score (nSPS) is 19.9. The van der Waals surface area contributed by atoms with E-state index in [9.17, 15) is 0 Å². The van der Waals surface area contributed by atoms with Crippen LogP contribution in [0.25, 0.3) is 0 Å². The molecule has 2 aliphatic rings. The zero-order valence-corrected chi connectivity index (χ0v) is 11.4. The molecule has 3 rings (SSSR count). The summed E-state index contributed by atoms with van der Waals surface area (Å²) in [5.74, 6) is 1.74. The standard InChI is InChI=1S/C15H21NO3/c1-17-9-11-3-4-12-14(19-8-7-18-12)13(11)15(10-16)5-2-6-15/h3-4H,2,5-10,16H2,1H3. The summed E-state index contributed by atoms with van der Waals surface area (Å²) in [4.78, 5) is 0. The van der Waals surface area contributed by atoms with Gasteiger partial charge in [0.1, 0.15) is 13.2 Å². The molecule has 104 valence electrons. The van der Waals surface area contributed by atoms with Crippen LogP contribution in [0.15, 0.2) is 12.1 Å². The first kappa shape index (κ1) is 12.8. The van der Waals surface area contributed by atoms with Crippen molar-refractivity contribution in [2.45, 2.75) is 31.3 Å². The lowest BCUT2D eigenvalue weighted by atomic mass is 9.63. The molecule has 4 nitrogen and oxygen atoms in total. The summed E-state index contributed by atoms with van der Waals surface area (Å²) in [7, 11) is 1.72. The second-order valence-electron chi connectivity index (χ2n) is 5.39. The summed E-state index contributed by atoms with van der Waals surface area (Å²) in [6.07, 6.45) is 3.48. The van der Waals surface area contributed by atoms with Crippen LogP contribution in [-0.2, 0) is 16.8 Å². The summed E-state index contributed by atoms with van der Waals surface area (Å²) >= 11 is 0. The first-order chi connectivity index (χ1) is 9.30. The average molecular weight is 263 g/mol. The van der Waals surface area contributed by atoms with Crippen molar-refractivity contribution < 1.29 is 14.2 Å². The number of rotatable bonds is 4. The van der Waals surface area contributed by atoms with Crippen LogP contribution < -0.4 is 15.2 Å². The summed E-state index contributed by atoms with van der Waals surface area (Å²) in [6.45, 7) is 2.47. The minimum absolute atomic E-state index is 0.0555. The highest BCUT2D eigenvalue weighted by molar-refractivity contribution is 5.56. The van der Waals surface area contributed by atoms with Gasteiger partial charge in [0.05, 0.1) is 6.61 Å². The van der Waals surface area contributed by atoms with Crippen LogP contribution in [0.1, 0.15) is 30.4 Å². The summed E-state index contributed by atoms with van der Waals surface area (Å²) < 4.78 is 16.9. The van der Waals surface area contributed by atoms with Crippen LogP contribution in [-0.4, -0.2) is 26.9 Å². The molecule has 0 aromatic heterocycles. The highest BCUT2D eigenvalue weighted by Crippen LogP contribution is 2.51. The van der Waals surface area contributed by atoms with Crippen molar-refractivity contribution in [1.29, 1.82) is 0 Å². The summed E-state index contributed by atoms with van der Waals surface area (Å²) in [6, 6.07) is 4.07. The van der Waals surface area contributed by atoms with Crippen LogP contribution in [0.3, 0.4) is 0 Å². The molecule has 19 heavy (non-hydrogen) atoms. The number of ether oxygens (including phenoxy) is 3. The van der Waals surface area contributed by atoms with E-state index >= 15 is 0 Å². The zero-order chi connectivity index (χ0) is 13.3. The van der Waals surface area contributed by atoms with Gasteiger partial charge in [-0.15, -0.1) is 0 Å². The Labute approximate surface area is 113 Å². The van der Waals surface area contributed by atoms with Gasteiger partial charge in [-0.3, -0.25) is 0 Å². The molecule has 1 fully saturated rings. The van der Waals surface area contributed by atoms with Gasteiger partial charge in [-0.2, -0.15) is 0 Å². The molecular formula is C15H21NO3. The third-order valence-electron chi connectivity index (χ3n) is 4.33. The molecule has 1 aromatic carbocycles. The zero-order valence-electron chi connectivity index (χ0n) is 11.4. The molecule has 0 saturated heterocycles. The Morgan fingerprint density at radius 1 is 1.26 bits per heavy atom. The predicted molar refractivity (Wildman–Crippen MR) is 72.7 cm³/mol. The number of fused-ring (bicyclic) bond motifs is 1. The monoisotopic (exact) mass is 263 g/mol. The summed E-state index contributed by atoms with van der Waals surface area (Å²) in [5, 5.41) is 0. The number of hydrogen-bond donors (Lipinski definition) is 1. The predicted octanol–water partition coefficient (Wildman–Crippen LogP) is 1.98. The fraction of sp³-hybridized carbons (Fsp3) is 0.600. The molecule has 2 N–H and O–H groups in total. The van der Waals surface area contributed by atoms with Gasteiger partial charge in [0.15, 0.2) is 11.5 Å². The Kier molecular flexibility index (Phi) is 3.37. The number of methoxy groups -OCH3 is 1. The Morgan fingerprint density at radius 3 is 2.68 bits per heavy atom. The molecule has 1 aromatic rings. The van der Waals surface area contributed by atoms with Gasteiger partial charge < -0.3 is 19.9 Å². The second-order valence-corrected chi connectivity index (χ2v) is 5.39. The van der Waals surface area contributed by atoms with Crippen molar-refractivity contribution in [1.82, 2.24) is 0 Å². The Balaban J connectivity index is 2.12. The van der Waals surface area contributed by atoms with E-state index in [-0.39, 0.29) is 5.41 Å². The fourth-order valence-corrected chi connectivity index (χ4v) is 3.17. The maximum atomic E-state index is 6.06. The van der Waals surface area contributed by atoms with Crippen LogP contribution in [0.2, 0.25) is 0 Å². The van der Waals surface area contributed by atoms with E-state index < -0.39 is 0 Å². The molecule has 0 amide bonds. The number of nitrogens with two attached hydrogens (primary N) is 1. The lowest BCUT2D eigenvalue weighted by Gasteiger charge is -2.44. The lowest BCUT2D eigenvalue weighted by molar-refractivity contribution is 0.152. The smallest absolute Gasteiger partial charge is 0.165 e. The Hall–Kier alpha value is -1.26. The number of benzene rings is 1. The molecule has 0 atom stereocenters. The third kappa shape index (κ3) is 1.99. The topological polar surface area (TPSA) is 53.7 Å². The summed E-state index contributed by atoms with van der Waals surface area (Å²) in [5.41, 5.74) is 8.52. The Bertz CT molecular complexity index is 463. The molecule has 0 unspecified atom stereocenters. The largest absolute Gasteiger partial charge is 0.486 e. The lowest BCUT2D eigenvalue weighted by Crippen LogP contribution is -2.43. The van der Waals surface area contributed by atoms with Gasteiger partial charge in [-0.1, -0.05) is 12.5 Å². The van der Waals surface area contributed by atoms with Gasteiger partial charge in [0.25, 0.3) is 0 Å². The molecule has 1 aliphatic heterocycles.